The summed E-state index contributed by atoms with van der Waals surface area (Å²) in [6, 6.07) is 13.9. The smallest absolute Gasteiger partial charge is 0.261 e. The molecule has 2 aromatic carbocycles. The molecule has 124 valence electrons. The highest BCUT2D eigenvalue weighted by Crippen LogP contribution is 2.35. The monoisotopic (exact) mass is 341 g/mol. The number of rotatable bonds is 3. The number of nitrogens with one attached hydrogen (secondary N) is 1. The van der Waals surface area contributed by atoms with Gasteiger partial charge in [-0.15, -0.1) is 0 Å². The molecule has 5 heteroatoms. The van der Waals surface area contributed by atoms with Crippen LogP contribution in [0, 0.1) is 5.92 Å². The quantitative estimate of drug-likeness (QED) is 0.770. The Labute approximate surface area is 141 Å². The number of hydrogen-bond donors (Lipinski definition) is 1. The molecule has 4 nitrogen and oxygen atoms in total. The Morgan fingerprint density at radius 1 is 1.12 bits per heavy atom. The van der Waals surface area contributed by atoms with Gasteiger partial charge in [0.05, 0.1) is 4.90 Å². The van der Waals surface area contributed by atoms with E-state index in [-0.39, 0.29) is 4.90 Å². The van der Waals surface area contributed by atoms with Gasteiger partial charge in [-0.1, -0.05) is 25.1 Å². The summed E-state index contributed by atoms with van der Waals surface area (Å²) in [5.41, 5.74) is 2.62. The fourth-order valence-corrected chi connectivity index (χ4v) is 4.40. The van der Waals surface area contributed by atoms with Gasteiger partial charge in [0.1, 0.15) is 11.3 Å². The Kier molecular flexibility index (Phi) is 3.61. The molecule has 0 aliphatic heterocycles. The summed E-state index contributed by atoms with van der Waals surface area (Å²) < 4.78 is 33.6. The minimum absolute atomic E-state index is 0.258. The molecule has 0 saturated heterocycles. The molecule has 1 aliphatic carbocycles. The molecular weight excluding hydrogens is 322 g/mol. The zero-order valence-corrected chi connectivity index (χ0v) is 14.3. The van der Waals surface area contributed by atoms with Gasteiger partial charge in [0, 0.05) is 23.1 Å². The van der Waals surface area contributed by atoms with Crippen LogP contribution in [0.5, 0.6) is 0 Å². The Morgan fingerprint density at radius 2 is 1.92 bits per heavy atom. The molecule has 4 rings (SSSR count). The average molecular weight is 341 g/mol. The van der Waals surface area contributed by atoms with Crippen LogP contribution >= 0.6 is 0 Å². The topological polar surface area (TPSA) is 59.3 Å². The molecule has 0 spiro atoms. The van der Waals surface area contributed by atoms with E-state index in [1.807, 2.05) is 12.1 Å². The van der Waals surface area contributed by atoms with Gasteiger partial charge in [0.15, 0.2) is 0 Å². The molecule has 1 atom stereocenters. The molecule has 0 saturated carbocycles. The van der Waals surface area contributed by atoms with Crippen molar-refractivity contribution in [2.45, 2.75) is 31.1 Å². The SMILES string of the molecule is C[C@@H]1CCc2c(oc3ccc(NS(=O)(=O)c4ccccc4)cc23)C1. The van der Waals surface area contributed by atoms with E-state index in [0.717, 1.165) is 36.0 Å². The van der Waals surface area contributed by atoms with Crippen molar-refractivity contribution in [3.8, 4) is 0 Å². The average Bonchev–Trinajstić information content (AvgIpc) is 2.92. The Hall–Kier alpha value is -2.27. The third kappa shape index (κ3) is 2.69. The van der Waals surface area contributed by atoms with E-state index < -0.39 is 10.0 Å². The Bertz CT molecular complexity index is 990. The van der Waals surface area contributed by atoms with Crippen molar-refractivity contribution >= 4 is 26.7 Å². The lowest BCUT2D eigenvalue weighted by atomic mass is 9.88. The molecule has 0 unspecified atom stereocenters. The number of furan rings is 1. The number of fused-ring (bicyclic) bond motifs is 3. The van der Waals surface area contributed by atoms with Gasteiger partial charge in [-0.2, -0.15) is 0 Å². The van der Waals surface area contributed by atoms with E-state index in [0.29, 0.717) is 11.6 Å². The standard InChI is InChI=1S/C19H19NO3S/c1-13-7-9-16-17-12-14(8-10-18(17)23-19(16)11-13)20-24(21,22)15-5-3-2-4-6-15/h2-6,8,10,12-13,20H,7,9,11H2,1H3/t13-/m1/s1. The zero-order valence-electron chi connectivity index (χ0n) is 13.5. The van der Waals surface area contributed by atoms with Crippen molar-refractivity contribution in [1.82, 2.24) is 0 Å². The maximum absolute atomic E-state index is 12.5. The van der Waals surface area contributed by atoms with Crippen molar-refractivity contribution < 1.29 is 12.8 Å². The second-order valence-electron chi connectivity index (χ2n) is 6.48. The maximum Gasteiger partial charge on any atom is 0.261 e. The molecule has 1 aliphatic rings. The number of aryl methyl sites for hydroxylation is 1. The fourth-order valence-electron chi connectivity index (χ4n) is 3.32. The Morgan fingerprint density at radius 3 is 2.71 bits per heavy atom. The second-order valence-corrected chi connectivity index (χ2v) is 8.16. The Balaban J connectivity index is 1.71. The van der Waals surface area contributed by atoms with E-state index in [1.165, 1.54) is 5.56 Å². The summed E-state index contributed by atoms with van der Waals surface area (Å²) in [7, 11) is -3.58. The highest BCUT2D eigenvalue weighted by Gasteiger charge is 2.22. The molecule has 3 aromatic rings. The molecular formula is C19H19NO3S. The molecule has 24 heavy (non-hydrogen) atoms. The van der Waals surface area contributed by atoms with Crippen molar-refractivity contribution in [3.05, 3.63) is 59.9 Å². The van der Waals surface area contributed by atoms with Gasteiger partial charge in [-0.25, -0.2) is 8.42 Å². The van der Waals surface area contributed by atoms with E-state index >= 15 is 0 Å². The van der Waals surface area contributed by atoms with Crippen molar-refractivity contribution in [2.24, 2.45) is 5.92 Å². The first-order valence-electron chi connectivity index (χ1n) is 8.15. The van der Waals surface area contributed by atoms with Crippen molar-refractivity contribution in [1.29, 1.82) is 0 Å². The van der Waals surface area contributed by atoms with Crippen LogP contribution in [-0.2, 0) is 22.9 Å². The lowest BCUT2D eigenvalue weighted by Crippen LogP contribution is -2.12. The number of sulfonamides is 1. The van der Waals surface area contributed by atoms with Crippen LogP contribution in [-0.4, -0.2) is 8.42 Å². The largest absolute Gasteiger partial charge is 0.461 e. The van der Waals surface area contributed by atoms with E-state index in [9.17, 15) is 8.42 Å². The second kappa shape index (κ2) is 5.67. The van der Waals surface area contributed by atoms with Crippen molar-refractivity contribution in [2.75, 3.05) is 4.72 Å². The van der Waals surface area contributed by atoms with Gasteiger partial charge in [0.2, 0.25) is 0 Å². The van der Waals surface area contributed by atoms with Crippen LogP contribution < -0.4 is 4.72 Å². The van der Waals surface area contributed by atoms with Crippen LogP contribution in [0.25, 0.3) is 11.0 Å². The van der Waals surface area contributed by atoms with E-state index in [4.69, 9.17) is 4.42 Å². The predicted octanol–water partition coefficient (Wildman–Crippen LogP) is 4.36. The molecule has 0 bridgehead atoms. The first-order valence-corrected chi connectivity index (χ1v) is 9.63. The lowest BCUT2D eigenvalue weighted by molar-refractivity contribution is 0.426. The molecule has 1 aromatic heterocycles. The van der Waals surface area contributed by atoms with Crippen LogP contribution in [0.4, 0.5) is 5.69 Å². The summed E-state index contributed by atoms with van der Waals surface area (Å²) >= 11 is 0. The van der Waals surface area contributed by atoms with Gasteiger partial charge in [-0.05, 0) is 49.1 Å². The summed E-state index contributed by atoms with van der Waals surface area (Å²) in [6.07, 6.45) is 3.08. The summed E-state index contributed by atoms with van der Waals surface area (Å²) in [6.45, 7) is 2.23. The molecule has 0 radical (unpaired) electrons. The summed E-state index contributed by atoms with van der Waals surface area (Å²) in [5.74, 6) is 1.68. The minimum atomic E-state index is -3.58. The van der Waals surface area contributed by atoms with Crippen molar-refractivity contribution in [3.63, 3.8) is 0 Å². The number of benzene rings is 2. The predicted molar refractivity (Wildman–Crippen MR) is 94.7 cm³/mol. The van der Waals surface area contributed by atoms with Crippen LogP contribution in [0.1, 0.15) is 24.7 Å². The van der Waals surface area contributed by atoms with Crippen LogP contribution in [0.3, 0.4) is 0 Å². The molecule has 0 fully saturated rings. The maximum atomic E-state index is 12.5. The summed E-state index contributed by atoms with van der Waals surface area (Å²) in [5, 5.41) is 1.02. The van der Waals surface area contributed by atoms with Crippen LogP contribution in [0.2, 0.25) is 0 Å². The summed E-state index contributed by atoms with van der Waals surface area (Å²) in [4.78, 5) is 0.258. The van der Waals surface area contributed by atoms with Gasteiger partial charge in [0.25, 0.3) is 10.0 Å². The van der Waals surface area contributed by atoms with Crippen LogP contribution in [0.15, 0.2) is 57.8 Å². The number of anilines is 1. The van der Waals surface area contributed by atoms with Gasteiger partial charge >= 0.3 is 0 Å². The van der Waals surface area contributed by atoms with Gasteiger partial charge < -0.3 is 4.42 Å². The number of hydrogen-bond acceptors (Lipinski definition) is 3. The third-order valence-corrected chi connectivity index (χ3v) is 6.00. The molecule has 1 heterocycles. The molecule has 0 amide bonds. The third-order valence-electron chi connectivity index (χ3n) is 4.60. The highest BCUT2D eigenvalue weighted by molar-refractivity contribution is 7.92. The van der Waals surface area contributed by atoms with E-state index in [2.05, 4.69) is 11.6 Å². The first-order chi connectivity index (χ1) is 11.5. The fraction of sp³-hybridized carbons (Fsp3) is 0.263. The minimum Gasteiger partial charge on any atom is -0.461 e. The first kappa shape index (κ1) is 15.3. The lowest BCUT2D eigenvalue weighted by Gasteiger charge is -2.16. The highest BCUT2D eigenvalue weighted by atomic mass is 32.2. The normalized spacial score (nSPS) is 17.6. The van der Waals surface area contributed by atoms with Gasteiger partial charge in [-0.3, -0.25) is 4.72 Å². The zero-order chi connectivity index (χ0) is 16.7. The van der Waals surface area contributed by atoms with E-state index in [1.54, 1.807) is 36.4 Å². The molecule has 1 N–H and O–H groups in total.